The Labute approximate surface area is 153 Å². The molecule has 6 nitrogen and oxygen atoms in total. The van der Waals surface area contributed by atoms with Gasteiger partial charge in [0.25, 0.3) is 0 Å². The van der Waals surface area contributed by atoms with Crippen molar-refractivity contribution in [1.82, 2.24) is 4.98 Å². The zero-order valence-electron chi connectivity index (χ0n) is 10.7. The van der Waals surface area contributed by atoms with Gasteiger partial charge in [0, 0.05) is 6.20 Å². The first-order valence-corrected chi connectivity index (χ1v) is 5.58. The fourth-order valence-corrected chi connectivity index (χ4v) is 1.58. The van der Waals surface area contributed by atoms with Gasteiger partial charge in [-0.3, -0.25) is 4.98 Å². The Bertz CT molecular complexity index is 430. The van der Waals surface area contributed by atoms with Crippen molar-refractivity contribution in [2.75, 3.05) is 0 Å². The van der Waals surface area contributed by atoms with Crippen LogP contribution >= 0.6 is 0 Å². The molecule has 1 heterocycles. The number of pyridine rings is 1. The molecule has 0 unspecified atom stereocenters. The minimum Gasteiger partial charge on any atom is -0.565 e. The molecule has 7 heteroatoms. The molecule has 1 saturated carbocycles. The molecular weight excluding hydrogens is 277 g/mol. The van der Waals surface area contributed by atoms with Crippen molar-refractivity contribution >= 4 is 12.1 Å². The summed E-state index contributed by atoms with van der Waals surface area (Å²) in [7, 11) is 0. The molecule has 0 saturated heterocycles. The monoisotopic (exact) mass is 291 g/mol. The SMILES string of the molecule is O=C(O)c1cccnc1CCC1CC1.O=C([O-])O.[K+]. The van der Waals surface area contributed by atoms with E-state index in [0.29, 0.717) is 5.56 Å². The summed E-state index contributed by atoms with van der Waals surface area (Å²) in [6, 6.07) is 3.29. The number of hydrogen-bond donors (Lipinski definition) is 2. The Kier molecular flexibility index (Phi) is 9.20. The van der Waals surface area contributed by atoms with Crippen LogP contribution in [0.4, 0.5) is 4.79 Å². The summed E-state index contributed by atoms with van der Waals surface area (Å²) in [6.07, 6.45) is 4.06. The largest absolute Gasteiger partial charge is 1.00 e. The van der Waals surface area contributed by atoms with E-state index in [9.17, 15) is 4.79 Å². The van der Waals surface area contributed by atoms with E-state index < -0.39 is 12.1 Å². The molecule has 0 radical (unpaired) electrons. The smallest absolute Gasteiger partial charge is 0.565 e. The number of aryl methyl sites for hydroxylation is 1. The van der Waals surface area contributed by atoms with Crippen molar-refractivity contribution < 1.29 is 76.3 Å². The second-order valence-electron chi connectivity index (χ2n) is 4.05. The van der Waals surface area contributed by atoms with E-state index in [2.05, 4.69) is 4.98 Å². The van der Waals surface area contributed by atoms with Gasteiger partial charge in [-0.05, 0) is 30.9 Å². The fraction of sp³-hybridized carbons (Fsp3) is 0.417. The quantitative estimate of drug-likeness (QED) is 0.622. The van der Waals surface area contributed by atoms with Crippen LogP contribution in [0.2, 0.25) is 0 Å². The van der Waals surface area contributed by atoms with Crippen LogP contribution in [0.15, 0.2) is 18.3 Å². The molecule has 1 aliphatic carbocycles. The molecular formula is C12H14KNO5. The van der Waals surface area contributed by atoms with Gasteiger partial charge in [-0.25, -0.2) is 4.79 Å². The number of nitrogens with zero attached hydrogens (tertiary/aromatic N) is 1. The van der Waals surface area contributed by atoms with Crippen molar-refractivity contribution in [3.8, 4) is 0 Å². The van der Waals surface area contributed by atoms with Crippen LogP contribution in [-0.4, -0.2) is 27.3 Å². The molecule has 2 rings (SSSR count). The predicted molar refractivity (Wildman–Crippen MR) is 60.3 cm³/mol. The summed E-state index contributed by atoms with van der Waals surface area (Å²) in [5, 5.41) is 24.2. The zero-order chi connectivity index (χ0) is 13.5. The maximum absolute atomic E-state index is 10.8. The molecule has 0 bridgehead atoms. The van der Waals surface area contributed by atoms with E-state index in [-0.39, 0.29) is 51.4 Å². The predicted octanol–water partition coefficient (Wildman–Crippen LogP) is -1.99. The molecule has 0 aliphatic heterocycles. The van der Waals surface area contributed by atoms with Crippen LogP contribution in [0, 0.1) is 5.92 Å². The molecule has 0 amide bonds. The van der Waals surface area contributed by atoms with Crippen LogP contribution < -0.4 is 56.5 Å². The molecule has 1 fully saturated rings. The van der Waals surface area contributed by atoms with Gasteiger partial charge in [0.05, 0.1) is 11.3 Å². The third-order valence-corrected chi connectivity index (χ3v) is 2.61. The number of rotatable bonds is 4. The fourth-order valence-electron chi connectivity index (χ4n) is 1.58. The number of carboxylic acids is 1. The number of hydrogen-bond acceptors (Lipinski definition) is 4. The van der Waals surface area contributed by atoms with Gasteiger partial charge in [0.15, 0.2) is 0 Å². The summed E-state index contributed by atoms with van der Waals surface area (Å²) in [5.41, 5.74) is 1.08. The molecule has 1 aromatic rings. The number of aromatic nitrogens is 1. The standard InChI is InChI=1S/C11H13NO2.CH2O3.K/c13-11(14)9-2-1-7-12-10(9)6-5-8-3-4-8;2-1(3)4;/h1-2,7-8H,3-6H2,(H,13,14);(H2,2,3,4);/q;;+1/p-1. The molecule has 0 aromatic carbocycles. The first-order chi connectivity index (χ1) is 8.50. The van der Waals surface area contributed by atoms with Gasteiger partial charge in [-0.1, -0.05) is 12.8 Å². The van der Waals surface area contributed by atoms with E-state index in [1.807, 2.05) is 0 Å². The Morgan fingerprint density at radius 3 is 2.42 bits per heavy atom. The third-order valence-electron chi connectivity index (χ3n) is 2.61. The van der Waals surface area contributed by atoms with Crippen molar-refractivity contribution in [3.05, 3.63) is 29.6 Å². The Hall–Kier alpha value is -0.474. The maximum atomic E-state index is 10.8. The van der Waals surface area contributed by atoms with Crippen LogP contribution in [0.5, 0.6) is 0 Å². The van der Waals surface area contributed by atoms with E-state index >= 15 is 0 Å². The molecule has 1 aromatic heterocycles. The number of carbonyl (C=O) groups is 2. The minimum absolute atomic E-state index is 0. The normalized spacial score (nSPS) is 12.6. The van der Waals surface area contributed by atoms with Crippen molar-refractivity contribution in [1.29, 1.82) is 0 Å². The van der Waals surface area contributed by atoms with E-state index in [1.54, 1.807) is 18.3 Å². The van der Waals surface area contributed by atoms with E-state index in [1.165, 1.54) is 12.8 Å². The third kappa shape index (κ3) is 8.33. The summed E-state index contributed by atoms with van der Waals surface area (Å²) in [5.74, 6) is -0.0532. The summed E-state index contributed by atoms with van der Waals surface area (Å²) in [6.45, 7) is 0. The van der Waals surface area contributed by atoms with Gasteiger partial charge in [-0.2, -0.15) is 0 Å². The van der Waals surface area contributed by atoms with Crippen LogP contribution in [0.25, 0.3) is 0 Å². The van der Waals surface area contributed by atoms with Gasteiger partial charge in [0.1, 0.15) is 0 Å². The maximum Gasteiger partial charge on any atom is 1.00 e. The number of aromatic carboxylic acids is 1. The van der Waals surface area contributed by atoms with Crippen molar-refractivity contribution in [2.45, 2.75) is 25.7 Å². The molecule has 2 N–H and O–H groups in total. The van der Waals surface area contributed by atoms with Crippen LogP contribution in [0.3, 0.4) is 0 Å². The summed E-state index contributed by atoms with van der Waals surface area (Å²) in [4.78, 5) is 23.4. The zero-order valence-corrected chi connectivity index (χ0v) is 13.8. The summed E-state index contributed by atoms with van der Waals surface area (Å²) >= 11 is 0. The van der Waals surface area contributed by atoms with Crippen molar-refractivity contribution in [2.24, 2.45) is 5.92 Å². The Balaban J connectivity index is 0.000000576. The van der Waals surface area contributed by atoms with E-state index in [4.69, 9.17) is 20.1 Å². The number of carboxylic acid groups (broad SMARTS) is 3. The Morgan fingerprint density at radius 2 is 1.95 bits per heavy atom. The van der Waals surface area contributed by atoms with Gasteiger partial charge >= 0.3 is 57.4 Å². The molecule has 1 aliphatic rings. The van der Waals surface area contributed by atoms with Crippen LogP contribution in [-0.2, 0) is 6.42 Å². The summed E-state index contributed by atoms with van der Waals surface area (Å²) < 4.78 is 0. The molecule has 0 spiro atoms. The van der Waals surface area contributed by atoms with E-state index in [0.717, 1.165) is 24.5 Å². The second kappa shape index (κ2) is 9.43. The van der Waals surface area contributed by atoms with Gasteiger partial charge < -0.3 is 20.1 Å². The average Bonchev–Trinajstić information content (AvgIpc) is 3.09. The molecule has 98 valence electrons. The first kappa shape index (κ1) is 18.5. The average molecular weight is 291 g/mol. The Morgan fingerprint density at radius 1 is 1.37 bits per heavy atom. The van der Waals surface area contributed by atoms with Crippen molar-refractivity contribution in [3.63, 3.8) is 0 Å². The molecule has 19 heavy (non-hydrogen) atoms. The van der Waals surface area contributed by atoms with Gasteiger partial charge in [0.2, 0.25) is 6.16 Å². The molecule has 0 atom stereocenters. The minimum atomic E-state index is -2.08. The second-order valence-corrected chi connectivity index (χ2v) is 4.05. The van der Waals surface area contributed by atoms with Crippen LogP contribution in [0.1, 0.15) is 35.3 Å². The first-order valence-electron chi connectivity index (χ1n) is 5.58. The topological polar surface area (TPSA) is 111 Å². The van der Waals surface area contributed by atoms with Gasteiger partial charge in [-0.15, -0.1) is 0 Å².